The summed E-state index contributed by atoms with van der Waals surface area (Å²) in [6.07, 6.45) is 10.8. The van der Waals surface area contributed by atoms with Crippen LogP contribution < -0.4 is 0 Å². The molecule has 0 aliphatic heterocycles. The highest BCUT2D eigenvalue weighted by Crippen LogP contribution is 2.18. The molecule has 0 spiro atoms. The summed E-state index contributed by atoms with van der Waals surface area (Å²) in [5.41, 5.74) is 1.45. The molecule has 0 unspecified atom stereocenters. The van der Waals surface area contributed by atoms with E-state index in [0.29, 0.717) is 0 Å². The molecular formula is C16H26N2. The maximum atomic E-state index is 9.13. The molecule has 2 nitrogen and oxygen atoms in total. The molecule has 0 aromatic carbocycles. The van der Waals surface area contributed by atoms with Crippen LogP contribution >= 0.6 is 0 Å². The van der Waals surface area contributed by atoms with E-state index in [1.165, 1.54) is 25.7 Å². The van der Waals surface area contributed by atoms with Gasteiger partial charge in [-0.25, -0.2) is 0 Å². The van der Waals surface area contributed by atoms with Crippen LogP contribution in [0.2, 0.25) is 0 Å². The van der Waals surface area contributed by atoms with Crippen LogP contribution in [0, 0.1) is 22.7 Å². The molecule has 0 amide bonds. The molecule has 2 heteroatoms. The first kappa shape index (κ1) is 16.7. The van der Waals surface area contributed by atoms with Crippen LogP contribution in [0.3, 0.4) is 0 Å². The minimum atomic E-state index is 0.727. The molecule has 0 aliphatic carbocycles. The lowest BCUT2D eigenvalue weighted by Gasteiger charge is -2.04. The first-order valence-corrected chi connectivity index (χ1v) is 7.32. The third kappa shape index (κ3) is 7.91. The van der Waals surface area contributed by atoms with Gasteiger partial charge in [-0.05, 0) is 25.7 Å². The van der Waals surface area contributed by atoms with E-state index in [0.717, 1.165) is 49.7 Å². The summed E-state index contributed by atoms with van der Waals surface area (Å²) in [4.78, 5) is 0. The van der Waals surface area contributed by atoms with Gasteiger partial charge in [-0.15, -0.1) is 0 Å². The normalized spacial score (nSPS) is 11.6. The molecule has 0 bridgehead atoms. The lowest BCUT2D eigenvalue weighted by atomic mass is 9.98. The minimum absolute atomic E-state index is 0.727. The van der Waals surface area contributed by atoms with E-state index in [1.807, 2.05) is 0 Å². The van der Waals surface area contributed by atoms with Crippen molar-refractivity contribution in [3.63, 3.8) is 0 Å². The molecule has 0 N–H and O–H groups in total. The molecule has 0 radical (unpaired) electrons. The van der Waals surface area contributed by atoms with Gasteiger partial charge in [0.15, 0.2) is 0 Å². The molecule has 0 aliphatic rings. The number of allylic oxidation sites excluding steroid dienone is 2. The van der Waals surface area contributed by atoms with Crippen molar-refractivity contribution in [3.8, 4) is 12.1 Å². The van der Waals surface area contributed by atoms with Gasteiger partial charge in [0.25, 0.3) is 0 Å². The SMILES string of the molecule is CCCCCC/C(C#N)=C(\C#N)CCCCCC. The zero-order valence-corrected chi connectivity index (χ0v) is 12.0. The second-order valence-electron chi connectivity index (χ2n) is 4.80. The summed E-state index contributed by atoms with van der Waals surface area (Å²) >= 11 is 0. The highest BCUT2D eigenvalue weighted by molar-refractivity contribution is 5.36. The van der Waals surface area contributed by atoms with Crippen LogP contribution in [0.1, 0.15) is 78.1 Å². The molecule has 0 heterocycles. The van der Waals surface area contributed by atoms with Gasteiger partial charge in [0.05, 0.1) is 12.1 Å². The number of hydrogen-bond acceptors (Lipinski definition) is 2. The largest absolute Gasteiger partial charge is 0.193 e. The molecule has 100 valence electrons. The summed E-state index contributed by atoms with van der Waals surface area (Å²) in [7, 11) is 0. The van der Waals surface area contributed by atoms with Crippen LogP contribution in [-0.2, 0) is 0 Å². The summed E-state index contributed by atoms with van der Waals surface area (Å²) in [6, 6.07) is 4.46. The Kier molecular flexibility index (Phi) is 11.3. The van der Waals surface area contributed by atoms with Crippen molar-refractivity contribution >= 4 is 0 Å². The molecule has 0 saturated carbocycles. The fraction of sp³-hybridized carbons (Fsp3) is 0.750. The maximum absolute atomic E-state index is 9.13. The molecule has 0 rings (SSSR count). The highest BCUT2D eigenvalue weighted by Gasteiger charge is 2.06. The van der Waals surface area contributed by atoms with Crippen LogP contribution in [0.25, 0.3) is 0 Å². The van der Waals surface area contributed by atoms with E-state index < -0.39 is 0 Å². The van der Waals surface area contributed by atoms with Gasteiger partial charge < -0.3 is 0 Å². The van der Waals surface area contributed by atoms with Gasteiger partial charge >= 0.3 is 0 Å². The zero-order valence-electron chi connectivity index (χ0n) is 12.0. The van der Waals surface area contributed by atoms with Crippen LogP contribution in [-0.4, -0.2) is 0 Å². The Morgan fingerprint density at radius 1 is 0.667 bits per heavy atom. The van der Waals surface area contributed by atoms with Crippen molar-refractivity contribution < 1.29 is 0 Å². The predicted octanol–water partition coefficient (Wildman–Crippen LogP) is 5.27. The van der Waals surface area contributed by atoms with Gasteiger partial charge in [-0.3, -0.25) is 0 Å². The second kappa shape index (κ2) is 12.2. The van der Waals surface area contributed by atoms with Crippen LogP contribution in [0.15, 0.2) is 11.1 Å². The number of nitriles is 2. The number of rotatable bonds is 10. The topological polar surface area (TPSA) is 47.6 Å². The molecule has 0 saturated heterocycles. The Morgan fingerprint density at radius 2 is 1.06 bits per heavy atom. The predicted molar refractivity (Wildman–Crippen MR) is 75.8 cm³/mol. The molecule has 0 aromatic heterocycles. The Morgan fingerprint density at radius 3 is 1.33 bits per heavy atom. The number of unbranched alkanes of at least 4 members (excludes halogenated alkanes) is 6. The standard InChI is InChI=1S/C16H26N2/c1-3-5-7-9-11-15(13-17)16(14-18)12-10-8-6-4-2/h3-12H2,1-2H3/b16-15+. The van der Waals surface area contributed by atoms with Crippen molar-refractivity contribution in [2.75, 3.05) is 0 Å². The van der Waals surface area contributed by atoms with E-state index >= 15 is 0 Å². The lowest BCUT2D eigenvalue weighted by Crippen LogP contribution is -1.91. The van der Waals surface area contributed by atoms with Gasteiger partial charge in [0.2, 0.25) is 0 Å². The smallest absolute Gasteiger partial charge is 0.0957 e. The average molecular weight is 246 g/mol. The minimum Gasteiger partial charge on any atom is -0.193 e. The summed E-state index contributed by atoms with van der Waals surface area (Å²) < 4.78 is 0. The van der Waals surface area contributed by atoms with Crippen LogP contribution in [0.5, 0.6) is 0 Å². The fourth-order valence-electron chi connectivity index (χ4n) is 2.01. The molecule has 0 aromatic rings. The van der Waals surface area contributed by atoms with E-state index in [4.69, 9.17) is 10.5 Å². The van der Waals surface area contributed by atoms with Crippen molar-refractivity contribution in [1.29, 1.82) is 10.5 Å². The Hall–Kier alpha value is -1.28. The van der Waals surface area contributed by atoms with Crippen molar-refractivity contribution in [1.82, 2.24) is 0 Å². The fourth-order valence-corrected chi connectivity index (χ4v) is 2.01. The quantitative estimate of drug-likeness (QED) is 0.389. The highest BCUT2D eigenvalue weighted by atomic mass is 14.3. The van der Waals surface area contributed by atoms with Crippen molar-refractivity contribution in [3.05, 3.63) is 11.1 Å². The lowest BCUT2D eigenvalue weighted by molar-refractivity contribution is 0.655. The van der Waals surface area contributed by atoms with Gasteiger partial charge in [-0.1, -0.05) is 52.4 Å². The van der Waals surface area contributed by atoms with Gasteiger partial charge in [0.1, 0.15) is 0 Å². The number of hydrogen-bond donors (Lipinski definition) is 0. The van der Waals surface area contributed by atoms with E-state index in [9.17, 15) is 0 Å². The molecular weight excluding hydrogens is 220 g/mol. The Labute approximate surface area is 112 Å². The van der Waals surface area contributed by atoms with Gasteiger partial charge in [0, 0.05) is 11.1 Å². The monoisotopic (exact) mass is 246 g/mol. The molecule has 0 fully saturated rings. The van der Waals surface area contributed by atoms with Gasteiger partial charge in [-0.2, -0.15) is 10.5 Å². The van der Waals surface area contributed by atoms with Crippen LogP contribution in [0.4, 0.5) is 0 Å². The first-order valence-electron chi connectivity index (χ1n) is 7.32. The zero-order chi connectivity index (χ0) is 13.6. The van der Waals surface area contributed by atoms with Crippen molar-refractivity contribution in [2.24, 2.45) is 0 Å². The second-order valence-corrected chi connectivity index (χ2v) is 4.80. The Balaban J connectivity index is 4.19. The molecule has 18 heavy (non-hydrogen) atoms. The van der Waals surface area contributed by atoms with E-state index in [-0.39, 0.29) is 0 Å². The Bertz CT molecular complexity index is 283. The van der Waals surface area contributed by atoms with Crippen molar-refractivity contribution in [2.45, 2.75) is 78.1 Å². The number of nitrogens with zero attached hydrogens (tertiary/aromatic N) is 2. The van der Waals surface area contributed by atoms with E-state index in [1.54, 1.807) is 0 Å². The molecule has 0 atom stereocenters. The first-order chi connectivity index (χ1) is 8.79. The van der Waals surface area contributed by atoms with E-state index in [2.05, 4.69) is 26.0 Å². The summed E-state index contributed by atoms with van der Waals surface area (Å²) in [5.74, 6) is 0. The maximum Gasteiger partial charge on any atom is 0.0957 e. The third-order valence-electron chi connectivity index (χ3n) is 3.19. The summed E-state index contributed by atoms with van der Waals surface area (Å²) in [5, 5.41) is 18.3. The third-order valence-corrected chi connectivity index (χ3v) is 3.19. The average Bonchev–Trinajstić information content (AvgIpc) is 2.40. The summed E-state index contributed by atoms with van der Waals surface area (Å²) in [6.45, 7) is 4.35.